The molecule has 0 unspecified atom stereocenters. The predicted octanol–water partition coefficient (Wildman–Crippen LogP) is 4.10. The zero-order valence-electron chi connectivity index (χ0n) is 12.5. The Morgan fingerprint density at radius 1 is 1.08 bits per heavy atom. The van der Waals surface area contributed by atoms with Crippen molar-refractivity contribution in [3.8, 4) is 0 Å². The molecule has 2 aromatic rings. The van der Waals surface area contributed by atoms with Crippen LogP contribution in [0.1, 0.15) is 5.56 Å². The van der Waals surface area contributed by atoms with Gasteiger partial charge in [-0.15, -0.1) is 11.8 Å². The number of carbonyl (C=O) groups is 1. The zero-order valence-corrected chi connectivity index (χ0v) is 14.2. The van der Waals surface area contributed by atoms with Gasteiger partial charge in [0.05, 0.1) is 16.3 Å². The van der Waals surface area contributed by atoms with Crippen molar-refractivity contribution in [3.05, 3.63) is 54.2 Å². The Morgan fingerprint density at radius 3 is 2.46 bits per heavy atom. The number of nitrogens with zero attached hydrogens (tertiary/aromatic N) is 1. The lowest BCUT2D eigenvalue weighted by molar-refractivity contribution is -0.137. The van der Waals surface area contributed by atoms with E-state index in [9.17, 15) is 18.0 Å². The Labute approximate surface area is 146 Å². The summed E-state index contributed by atoms with van der Waals surface area (Å²) in [6, 6.07) is 12.1. The fraction of sp³-hybridized carbons (Fsp3) is 0.250. The van der Waals surface area contributed by atoms with Crippen molar-refractivity contribution < 1.29 is 18.0 Å². The van der Waals surface area contributed by atoms with Crippen LogP contribution in [0.2, 0.25) is 0 Å². The van der Waals surface area contributed by atoms with Crippen LogP contribution >= 0.6 is 23.5 Å². The number of benzene rings is 1. The van der Waals surface area contributed by atoms with Crippen molar-refractivity contribution in [1.29, 1.82) is 0 Å². The average Bonchev–Trinajstić information content (AvgIpc) is 2.57. The number of hydrogen-bond donors (Lipinski definition) is 1. The van der Waals surface area contributed by atoms with E-state index in [-0.39, 0.29) is 11.7 Å². The van der Waals surface area contributed by atoms with Crippen LogP contribution in [0.15, 0.2) is 58.6 Å². The third-order valence-electron chi connectivity index (χ3n) is 2.85. The summed E-state index contributed by atoms with van der Waals surface area (Å²) in [4.78, 5) is 16.6. The van der Waals surface area contributed by atoms with Crippen molar-refractivity contribution in [1.82, 2.24) is 10.3 Å². The minimum Gasteiger partial charge on any atom is -0.355 e. The minimum atomic E-state index is -4.40. The number of halogens is 3. The highest BCUT2D eigenvalue weighted by Gasteiger charge is 2.30. The lowest BCUT2D eigenvalue weighted by Crippen LogP contribution is -2.27. The van der Waals surface area contributed by atoms with Gasteiger partial charge in [-0.05, 0) is 24.3 Å². The van der Waals surface area contributed by atoms with E-state index in [1.54, 1.807) is 11.8 Å². The number of nitrogens with one attached hydrogen (secondary N) is 1. The van der Waals surface area contributed by atoms with Crippen molar-refractivity contribution in [3.63, 3.8) is 0 Å². The number of thioether (sulfide) groups is 2. The van der Waals surface area contributed by atoms with Crippen LogP contribution in [-0.2, 0) is 11.0 Å². The fourth-order valence-corrected chi connectivity index (χ4v) is 3.16. The molecule has 128 valence electrons. The van der Waals surface area contributed by atoms with Crippen LogP contribution in [0.5, 0.6) is 0 Å². The molecule has 0 saturated heterocycles. The average molecular weight is 372 g/mol. The molecule has 0 spiro atoms. The van der Waals surface area contributed by atoms with Gasteiger partial charge in [0.15, 0.2) is 0 Å². The molecular formula is C16H15F3N2OS2. The number of rotatable bonds is 7. The Morgan fingerprint density at radius 2 is 1.83 bits per heavy atom. The largest absolute Gasteiger partial charge is 0.417 e. The summed E-state index contributed by atoms with van der Waals surface area (Å²) in [6.07, 6.45) is -3.62. The van der Waals surface area contributed by atoms with E-state index >= 15 is 0 Å². The van der Waals surface area contributed by atoms with Gasteiger partial charge >= 0.3 is 6.18 Å². The maximum absolute atomic E-state index is 12.4. The highest BCUT2D eigenvalue weighted by atomic mass is 32.2. The second-order valence-corrected chi connectivity index (χ2v) is 6.85. The number of carbonyl (C=O) groups excluding carboxylic acids is 1. The Bertz CT molecular complexity index is 649. The van der Waals surface area contributed by atoms with Crippen LogP contribution in [0.3, 0.4) is 0 Å². The first kappa shape index (κ1) is 18.7. The van der Waals surface area contributed by atoms with Gasteiger partial charge in [-0.2, -0.15) is 13.2 Å². The molecule has 1 aromatic carbocycles. The topological polar surface area (TPSA) is 42.0 Å². The molecule has 0 aliphatic rings. The van der Waals surface area contributed by atoms with Crippen molar-refractivity contribution >= 4 is 29.4 Å². The van der Waals surface area contributed by atoms with E-state index in [0.717, 1.165) is 34.7 Å². The highest BCUT2D eigenvalue weighted by Crippen LogP contribution is 2.29. The molecule has 1 heterocycles. The van der Waals surface area contributed by atoms with Gasteiger partial charge in [0.1, 0.15) is 0 Å². The number of amides is 1. The molecule has 0 radical (unpaired) electrons. The van der Waals surface area contributed by atoms with Gasteiger partial charge in [0.25, 0.3) is 0 Å². The minimum absolute atomic E-state index is 0.119. The molecule has 3 nitrogen and oxygen atoms in total. The summed E-state index contributed by atoms with van der Waals surface area (Å²) < 4.78 is 37.2. The van der Waals surface area contributed by atoms with E-state index in [4.69, 9.17) is 0 Å². The molecule has 0 atom stereocenters. The molecule has 1 N–H and O–H groups in total. The first-order valence-electron chi connectivity index (χ1n) is 7.06. The summed E-state index contributed by atoms with van der Waals surface area (Å²) in [5.41, 5.74) is -0.797. The molecule has 0 bridgehead atoms. The number of alkyl halides is 3. The van der Waals surface area contributed by atoms with Crippen molar-refractivity contribution in [2.75, 3.05) is 18.1 Å². The molecule has 1 aromatic heterocycles. The third-order valence-corrected chi connectivity index (χ3v) is 4.81. The molecule has 24 heavy (non-hydrogen) atoms. The molecule has 0 aliphatic carbocycles. The molecular weight excluding hydrogens is 357 g/mol. The molecule has 8 heteroatoms. The maximum atomic E-state index is 12.4. The lowest BCUT2D eigenvalue weighted by atomic mass is 10.3. The van der Waals surface area contributed by atoms with Crippen LogP contribution in [0.4, 0.5) is 13.2 Å². The standard InChI is InChI=1S/C16H15F3N2OS2/c17-16(18,19)12-6-7-15(21-10-12)24-11-14(22)20-8-9-23-13-4-2-1-3-5-13/h1-7,10H,8-9,11H2,(H,20,22). The summed E-state index contributed by atoms with van der Waals surface area (Å²) in [5.74, 6) is 0.697. The van der Waals surface area contributed by atoms with E-state index < -0.39 is 11.7 Å². The number of aromatic nitrogens is 1. The monoisotopic (exact) mass is 372 g/mol. The predicted molar refractivity (Wildman–Crippen MR) is 90.1 cm³/mol. The quantitative estimate of drug-likeness (QED) is 0.587. The lowest BCUT2D eigenvalue weighted by Gasteiger charge is -2.07. The zero-order chi connectivity index (χ0) is 17.4. The summed E-state index contributed by atoms with van der Waals surface area (Å²) in [6.45, 7) is 0.527. The summed E-state index contributed by atoms with van der Waals surface area (Å²) in [5, 5.41) is 3.16. The molecule has 0 fully saturated rings. The van der Waals surface area contributed by atoms with E-state index in [0.29, 0.717) is 11.6 Å². The van der Waals surface area contributed by atoms with Gasteiger partial charge < -0.3 is 5.32 Å². The second kappa shape index (κ2) is 8.98. The first-order valence-corrected chi connectivity index (χ1v) is 9.03. The van der Waals surface area contributed by atoms with Gasteiger partial charge in [-0.25, -0.2) is 4.98 Å². The van der Waals surface area contributed by atoms with Gasteiger partial charge in [0, 0.05) is 23.4 Å². The molecule has 1 amide bonds. The van der Waals surface area contributed by atoms with Crippen LogP contribution in [0, 0.1) is 0 Å². The smallest absolute Gasteiger partial charge is 0.355 e. The third kappa shape index (κ3) is 6.45. The van der Waals surface area contributed by atoms with Crippen LogP contribution in [-0.4, -0.2) is 28.9 Å². The van der Waals surface area contributed by atoms with E-state index in [1.165, 1.54) is 6.07 Å². The Kier molecular flexibility index (Phi) is 6.99. The summed E-state index contributed by atoms with van der Waals surface area (Å²) in [7, 11) is 0. The fourth-order valence-electron chi connectivity index (χ4n) is 1.70. The normalized spacial score (nSPS) is 11.3. The Hall–Kier alpha value is -1.67. The number of pyridine rings is 1. The maximum Gasteiger partial charge on any atom is 0.417 e. The SMILES string of the molecule is O=C(CSc1ccc(C(F)(F)F)cn1)NCCSc1ccccc1. The first-order chi connectivity index (χ1) is 11.4. The van der Waals surface area contributed by atoms with Gasteiger partial charge in [0.2, 0.25) is 5.91 Å². The van der Waals surface area contributed by atoms with E-state index in [2.05, 4.69) is 10.3 Å². The van der Waals surface area contributed by atoms with Gasteiger partial charge in [-0.1, -0.05) is 30.0 Å². The highest BCUT2D eigenvalue weighted by molar-refractivity contribution is 8.00. The summed E-state index contributed by atoms with van der Waals surface area (Å²) >= 11 is 2.75. The van der Waals surface area contributed by atoms with Crippen LogP contribution < -0.4 is 5.32 Å². The van der Waals surface area contributed by atoms with Crippen molar-refractivity contribution in [2.45, 2.75) is 16.1 Å². The van der Waals surface area contributed by atoms with Crippen molar-refractivity contribution in [2.24, 2.45) is 0 Å². The Balaban J connectivity index is 1.66. The van der Waals surface area contributed by atoms with Crippen LogP contribution in [0.25, 0.3) is 0 Å². The number of hydrogen-bond acceptors (Lipinski definition) is 4. The van der Waals surface area contributed by atoms with E-state index in [1.807, 2.05) is 30.3 Å². The van der Waals surface area contributed by atoms with Gasteiger partial charge in [-0.3, -0.25) is 4.79 Å². The molecule has 0 aliphatic heterocycles. The molecule has 2 rings (SSSR count). The second-order valence-electron chi connectivity index (χ2n) is 4.68. The molecule has 0 saturated carbocycles.